The van der Waals surface area contributed by atoms with Crippen LogP contribution >= 0.6 is 11.6 Å². The van der Waals surface area contributed by atoms with Gasteiger partial charge in [0.1, 0.15) is 11.4 Å². The maximum atomic E-state index is 12.3. The highest BCUT2D eigenvalue weighted by atomic mass is 35.5. The quantitative estimate of drug-likeness (QED) is 0.601. The number of hydrogen-bond donors (Lipinski definition) is 0. The molecule has 0 unspecified atom stereocenters. The van der Waals surface area contributed by atoms with Crippen molar-refractivity contribution >= 4 is 17.9 Å². The first-order chi connectivity index (χ1) is 7.27. The Balaban J connectivity index is 3.48. The monoisotopic (exact) mass is 259 g/mol. The van der Waals surface area contributed by atoms with Gasteiger partial charge < -0.3 is 0 Å². The summed E-state index contributed by atoms with van der Waals surface area (Å²) in [6, 6.07) is 0.264. The van der Waals surface area contributed by atoms with Gasteiger partial charge in [-0.1, -0.05) is 11.6 Å². The van der Waals surface area contributed by atoms with Gasteiger partial charge >= 0.3 is 6.18 Å². The van der Waals surface area contributed by atoms with Gasteiger partial charge in [-0.15, -0.1) is 0 Å². The molecule has 0 saturated heterocycles. The van der Waals surface area contributed by atoms with Gasteiger partial charge in [-0.25, -0.2) is 13.8 Å². The number of aromatic nitrogens is 1. The first-order valence-electron chi connectivity index (χ1n) is 3.78. The molecule has 0 aliphatic rings. The minimum Gasteiger partial charge on any atom is -0.296 e. The second kappa shape index (κ2) is 4.32. The molecule has 0 N–H and O–H groups in total. The summed E-state index contributed by atoms with van der Waals surface area (Å²) in [5, 5.41) is -0.619. The average molecular weight is 260 g/mol. The Labute approximate surface area is 91.0 Å². The van der Waals surface area contributed by atoms with E-state index in [-0.39, 0.29) is 12.4 Å². The van der Waals surface area contributed by atoms with Crippen LogP contribution in [0.2, 0.25) is 5.02 Å². The van der Waals surface area contributed by atoms with Gasteiger partial charge in [0.2, 0.25) is 0 Å². The highest BCUT2D eigenvalue weighted by Gasteiger charge is 2.37. The van der Waals surface area contributed by atoms with Crippen LogP contribution in [0.1, 0.15) is 28.2 Å². The molecule has 0 spiro atoms. The van der Waals surface area contributed by atoms with Crippen LogP contribution in [0, 0.1) is 0 Å². The summed E-state index contributed by atoms with van der Waals surface area (Å²) >= 11 is 5.27. The zero-order chi connectivity index (χ0) is 12.5. The van der Waals surface area contributed by atoms with E-state index in [9.17, 15) is 26.7 Å². The lowest BCUT2D eigenvalue weighted by atomic mass is 10.1. The van der Waals surface area contributed by atoms with E-state index in [0.29, 0.717) is 0 Å². The number of hydrogen-bond acceptors (Lipinski definition) is 2. The van der Waals surface area contributed by atoms with Crippen LogP contribution in [0.3, 0.4) is 0 Å². The molecule has 0 aromatic carbocycles. The highest BCUT2D eigenvalue weighted by Crippen LogP contribution is 2.37. The van der Waals surface area contributed by atoms with Crippen molar-refractivity contribution in [2.75, 3.05) is 0 Å². The minimum atomic E-state index is -5.00. The van der Waals surface area contributed by atoms with Gasteiger partial charge in [0, 0.05) is 0 Å². The van der Waals surface area contributed by atoms with Crippen molar-refractivity contribution in [3.8, 4) is 0 Å². The third-order valence-corrected chi connectivity index (χ3v) is 1.96. The molecule has 0 saturated carbocycles. The molecular formula is C8H3ClF5NO. The van der Waals surface area contributed by atoms with E-state index in [0.717, 1.165) is 0 Å². The van der Waals surface area contributed by atoms with Crippen molar-refractivity contribution in [3.05, 3.63) is 28.0 Å². The molecule has 16 heavy (non-hydrogen) atoms. The van der Waals surface area contributed by atoms with Gasteiger partial charge in [-0.05, 0) is 6.07 Å². The zero-order valence-electron chi connectivity index (χ0n) is 7.36. The van der Waals surface area contributed by atoms with Crippen LogP contribution in [-0.2, 0) is 6.18 Å². The predicted molar refractivity (Wildman–Crippen MR) is 44.6 cm³/mol. The molecule has 1 aromatic heterocycles. The molecule has 1 heterocycles. The standard InChI is InChI=1S/C8H3ClF5NO/c9-4-1-3(8(12,13)14)6(7(10)11)15-5(4)2-16/h1-2,7H. The van der Waals surface area contributed by atoms with Crippen molar-refractivity contribution in [2.24, 2.45) is 0 Å². The maximum absolute atomic E-state index is 12.3. The largest absolute Gasteiger partial charge is 0.418 e. The molecule has 1 aromatic rings. The summed E-state index contributed by atoms with van der Waals surface area (Å²) in [5.74, 6) is 0. The highest BCUT2D eigenvalue weighted by molar-refractivity contribution is 6.32. The normalized spacial score (nSPS) is 11.9. The van der Waals surface area contributed by atoms with E-state index in [1.165, 1.54) is 0 Å². The Morgan fingerprint density at radius 3 is 2.31 bits per heavy atom. The molecule has 2 nitrogen and oxygen atoms in total. The molecule has 0 amide bonds. The number of rotatable bonds is 2. The number of alkyl halides is 5. The molecule has 1 rings (SSSR count). The third-order valence-electron chi connectivity index (χ3n) is 1.66. The number of carbonyl (C=O) groups excluding carboxylic acids is 1. The Hall–Kier alpha value is -1.24. The second-order valence-corrected chi connectivity index (χ2v) is 3.11. The lowest BCUT2D eigenvalue weighted by Crippen LogP contribution is -2.12. The lowest BCUT2D eigenvalue weighted by molar-refractivity contribution is -0.139. The summed E-state index contributed by atoms with van der Waals surface area (Å²) in [7, 11) is 0. The number of aldehydes is 1. The van der Waals surface area contributed by atoms with E-state index >= 15 is 0 Å². The SMILES string of the molecule is O=Cc1nc(C(F)F)c(C(F)(F)F)cc1Cl. The summed E-state index contributed by atoms with van der Waals surface area (Å²) < 4.78 is 61.5. The summed E-state index contributed by atoms with van der Waals surface area (Å²) in [5.41, 5.74) is -3.79. The number of carbonyl (C=O) groups is 1. The summed E-state index contributed by atoms with van der Waals surface area (Å²) in [6.45, 7) is 0. The van der Waals surface area contributed by atoms with Crippen LogP contribution in [-0.4, -0.2) is 11.3 Å². The first-order valence-corrected chi connectivity index (χ1v) is 4.16. The van der Waals surface area contributed by atoms with Crippen molar-refractivity contribution in [1.29, 1.82) is 0 Å². The average Bonchev–Trinajstić information content (AvgIpc) is 2.15. The van der Waals surface area contributed by atoms with Crippen LogP contribution in [0.4, 0.5) is 22.0 Å². The zero-order valence-corrected chi connectivity index (χ0v) is 8.11. The van der Waals surface area contributed by atoms with E-state index in [2.05, 4.69) is 4.98 Å². The Morgan fingerprint density at radius 2 is 1.94 bits per heavy atom. The summed E-state index contributed by atoms with van der Waals surface area (Å²) in [6.07, 6.45) is -8.43. The van der Waals surface area contributed by atoms with Crippen molar-refractivity contribution in [2.45, 2.75) is 12.6 Å². The summed E-state index contributed by atoms with van der Waals surface area (Å²) in [4.78, 5) is 13.2. The van der Waals surface area contributed by atoms with Crippen LogP contribution in [0.25, 0.3) is 0 Å². The molecule has 0 aliphatic carbocycles. The first kappa shape index (κ1) is 12.8. The molecule has 0 aliphatic heterocycles. The van der Waals surface area contributed by atoms with Crippen LogP contribution < -0.4 is 0 Å². The fourth-order valence-corrected chi connectivity index (χ4v) is 1.19. The Bertz CT molecular complexity index is 418. The Kier molecular flexibility index (Phi) is 3.47. The topological polar surface area (TPSA) is 30.0 Å². The fourth-order valence-electron chi connectivity index (χ4n) is 0.994. The Morgan fingerprint density at radius 1 is 1.38 bits per heavy atom. The number of pyridine rings is 1. The number of nitrogens with zero attached hydrogens (tertiary/aromatic N) is 1. The van der Waals surface area contributed by atoms with Gasteiger partial charge in [-0.2, -0.15) is 13.2 Å². The molecular weight excluding hydrogens is 257 g/mol. The molecule has 88 valence electrons. The third kappa shape index (κ3) is 2.46. The van der Waals surface area contributed by atoms with Crippen molar-refractivity contribution < 1.29 is 26.7 Å². The molecule has 0 atom stereocenters. The minimum absolute atomic E-state index is 0.00830. The van der Waals surface area contributed by atoms with Crippen molar-refractivity contribution in [3.63, 3.8) is 0 Å². The predicted octanol–water partition coefficient (Wildman–Crippen LogP) is 3.50. The van der Waals surface area contributed by atoms with E-state index in [4.69, 9.17) is 11.6 Å². The van der Waals surface area contributed by atoms with Crippen molar-refractivity contribution in [1.82, 2.24) is 4.98 Å². The van der Waals surface area contributed by atoms with Crippen LogP contribution in [0.15, 0.2) is 6.07 Å². The van der Waals surface area contributed by atoms with Gasteiger partial charge in [-0.3, -0.25) is 4.79 Å². The lowest BCUT2D eigenvalue weighted by Gasteiger charge is -2.12. The van der Waals surface area contributed by atoms with Gasteiger partial charge in [0.25, 0.3) is 6.43 Å². The molecule has 0 fully saturated rings. The van der Waals surface area contributed by atoms with E-state index in [1.807, 2.05) is 0 Å². The molecule has 0 radical (unpaired) electrons. The fraction of sp³-hybridized carbons (Fsp3) is 0.250. The maximum Gasteiger partial charge on any atom is 0.418 e. The molecule has 0 bridgehead atoms. The van der Waals surface area contributed by atoms with E-state index < -0.39 is 34.6 Å². The molecule has 8 heteroatoms. The second-order valence-electron chi connectivity index (χ2n) is 2.70. The number of halogens is 6. The van der Waals surface area contributed by atoms with Crippen LogP contribution in [0.5, 0.6) is 0 Å². The van der Waals surface area contributed by atoms with Gasteiger partial charge in [0.15, 0.2) is 6.29 Å². The van der Waals surface area contributed by atoms with E-state index in [1.54, 1.807) is 0 Å². The van der Waals surface area contributed by atoms with Gasteiger partial charge in [0.05, 0.1) is 10.6 Å². The smallest absolute Gasteiger partial charge is 0.296 e.